The molecule has 0 unspecified atom stereocenters. The van der Waals surface area contributed by atoms with Gasteiger partial charge < -0.3 is 19.1 Å². The van der Waals surface area contributed by atoms with Gasteiger partial charge in [0.05, 0.1) is 13.2 Å². The van der Waals surface area contributed by atoms with Crippen molar-refractivity contribution in [2.75, 3.05) is 33.4 Å². The molecule has 2 N–H and O–H groups in total. The Morgan fingerprint density at radius 2 is 1.91 bits per heavy atom. The van der Waals surface area contributed by atoms with Gasteiger partial charge in [0.25, 0.3) is 6.64 Å². The SMILES string of the molecule is CCCN(SSC(=N)COC(=O)NC)P(=S)(OCC)OCC. The number of rotatable bonds is 11. The van der Waals surface area contributed by atoms with Crippen LogP contribution in [0.1, 0.15) is 27.2 Å². The number of carbonyl (C=O) groups excluding carboxylic acids is 1. The minimum atomic E-state index is -2.55. The van der Waals surface area contributed by atoms with Gasteiger partial charge in [-0.1, -0.05) is 6.92 Å². The summed E-state index contributed by atoms with van der Waals surface area (Å²) in [6, 6.07) is 0. The molecule has 0 aromatic carbocycles. The third-order valence-corrected chi connectivity index (χ3v) is 8.82. The van der Waals surface area contributed by atoms with Gasteiger partial charge in [0.2, 0.25) is 0 Å². The number of hydrogen-bond acceptors (Lipinski definition) is 8. The Kier molecular flexibility index (Phi) is 12.7. The van der Waals surface area contributed by atoms with E-state index in [0.29, 0.717) is 19.8 Å². The maximum Gasteiger partial charge on any atom is 0.407 e. The van der Waals surface area contributed by atoms with E-state index in [2.05, 4.69) is 5.32 Å². The first kappa shape index (κ1) is 22.2. The molecule has 0 spiro atoms. The lowest BCUT2D eigenvalue weighted by molar-refractivity contribution is 0.164. The first-order chi connectivity index (χ1) is 10.4. The van der Waals surface area contributed by atoms with Crippen LogP contribution in [-0.4, -0.2) is 48.6 Å². The van der Waals surface area contributed by atoms with Gasteiger partial charge in [-0.15, -0.1) is 0 Å². The van der Waals surface area contributed by atoms with Gasteiger partial charge in [0.1, 0.15) is 11.7 Å². The van der Waals surface area contributed by atoms with Crippen molar-refractivity contribution >= 4 is 51.4 Å². The van der Waals surface area contributed by atoms with Crippen molar-refractivity contribution in [3.8, 4) is 0 Å². The van der Waals surface area contributed by atoms with Crippen LogP contribution in [0.25, 0.3) is 0 Å². The zero-order chi connectivity index (χ0) is 17.0. The topological polar surface area (TPSA) is 83.9 Å². The fourth-order valence-corrected chi connectivity index (χ4v) is 7.32. The molecule has 7 nitrogen and oxygen atoms in total. The average Bonchev–Trinajstić information content (AvgIpc) is 2.49. The van der Waals surface area contributed by atoms with Gasteiger partial charge in [-0.3, -0.25) is 5.41 Å². The molecule has 0 rings (SSSR count). The predicted molar refractivity (Wildman–Crippen MR) is 97.9 cm³/mol. The summed E-state index contributed by atoms with van der Waals surface area (Å²) < 4.78 is 18.0. The fourth-order valence-electron chi connectivity index (χ4n) is 1.20. The Morgan fingerprint density at radius 1 is 1.32 bits per heavy atom. The number of carbonyl (C=O) groups is 1. The molecule has 0 bridgehead atoms. The minimum absolute atomic E-state index is 0.0799. The molecule has 0 aliphatic heterocycles. The number of ether oxygens (including phenoxy) is 1. The van der Waals surface area contributed by atoms with E-state index in [1.54, 1.807) is 0 Å². The van der Waals surface area contributed by atoms with Crippen molar-refractivity contribution in [1.82, 2.24) is 9.39 Å². The molecular weight excluding hydrogens is 365 g/mol. The maximum atomic E-state index is 11.0. The third-order valence-electron chi connectivity index (χ3n) is 2.03. The first-order valence-electron chi connectivity index (χ1n) is 6.87. The number of nitrogens with zero attached hydrogens (tertiary/aromatic N) is 1. The van der Waals surface area contributed by atoms with Crippen LogP contribution in [0.5, 0.6) is 0 Å². The number of nitrogens with one attached hydrogen (secondary N) is 2. The van der Waals surface area contributed by atoms with E-state index in [4.69, 9.17) is 31.0 Å². The second-order valence-corrected chi connectivity index (χ2v) is 9.57. The number of alkyl carbamates (subject to hydrolysis) is 1. The Morgan fingerprint density at radius 3 is 2.36 bits per heavy atom. The molecule has 130 valence electrons. The molecule has 0 aromatic rings. The summed E-state index contributed by atoms with van der Waals surface area (Å²) in [5.41, 5.74) is 0. The van der Waals surface area contributed by atoms with Crippen LogP contribution in [0.4, 0.5) is 4.79 Å². The van der Waals surface area contributed by atoms with E-state index >= 15 is 0 Å². The zero-order valence-corrected chi connectivity index (χ0v) is 16.6. The van der Waals surface area contributed by atoms with Crippen LogP contribution in [0.3, 0.4) is 0 Å². The van der Waals surface area contributed by atoms with Crippen LogP contribution in [0.15, 0.2) is 0 Å². The molecule has 11 heteroatoms. The van der Waals surface area contributed by atoms with E-state index in [1.807, 2.05) is 24.8 Å². The molecule has 0 saturated heterocycles. The number of hydrogen-bond donors (Lipinski definition) is 2. The molecule has 1 amide bonds. The van der Waals surface area contributed by atoms with Gasteiger partial charge in [-0.2, -0.15) is 4.08 Å². The van der Waals surface area contributed by atoms with Crippen LogP contribution in [0.2, 0.25) is 0 Å². The van der Waals surface area contributed by atoms with Crippen molar-refractivity contribution in [3.63, 3.8) is 0 Å². The van der Waals surface area contributed by atoms with E-state index in [1.165, 1.54) is 28.8 Å². The van der Waals surface area contributed by atoms with E-state index in [9.17, 15) is 4.79 Å². The predicted octanol–water partition coefficient (Wildman–Crippen LogP) is 3.63. The van der Waals surface area contributed by atoms with Gasteiger partial charge in [-0.05, 0) is 42.9 Å². The summed E-state index contributed by atoms with van der Waals surface area (Å²) in [4.78, 5) is 11.0. The standard InChI is InChI=1S/C11H24N3O4PS3/c1-5-8-14(19(20,17-6-2)18-7-3)22-21-10(12)9-16-11(15)13-4/h12H,5-9H2,1-4H3,(H,13,15). The van der Waals surface area contributed by atoms with Crippen LogP contribution in [-0.2, 0) is 25.6 Å². The van der Waals surface area contributed by atoms with Gasteiger partial charge >= 0.3 is 6.09 Å². The largest absolute Gasteiger partial charge is 0.442 e. The Hall–Kier alpha value is 0.170. The number of amides is 1. The molecule has 0 atom stereocenters. The monoisotopic (exact) mass is 389 g/mol. The highest BCUT2D eigenvalue weighted by atomic mass is 33.1. The van der Waals surface area contributed by atoms with Crippen molar-refractivity contribution in [2.24, 2.45) is 0 Å². The Labute approximate surface area is 145 Å². The summed E-state index contributed by atoms with van der Waals surface area (Å²) in [6.07, 6.45) is 0.322. The average molecular weight is 390 g/mol. The molecule has 0 radical (unpaired) electrons. The van der Waals surface area contributed by atoms with Crippen molar-refractivity contribution in [3.05, 3.63) is 0 Å². The van der Waals surface area contributed by atoms with Crippen LogP contribution in [0, 0.1) is 5.41 Å². The normalized spacial score (nSPS) is 11.5. The second-order valence-electron chi connectivity index (χ2n) is 3.79. The zero-order valence-electron chi connectivity index (χ0n) is 13.3. The molecule has 22 heavy (non-hydrogen) atoms. The van der Waals surface area contributed by atoms with Crippen molar-refractivity contribution in [2.45, 2.75) is 27.2 Å². The Balaban J connectivity index is 4.58. The lowest BCUT2D eigenvalue weighted by Crippen LogP contribution is -2.22. The maximum absolute atomic E-state index is 11.0. The summed E-state index contributed by atoms with van der Waals surface area (Å²) >= 11 is 5.56. The van der Waals surface area contributed by atoms with Crippen molar-refractivity contribution < 1.29 is 18.6 Å². The summed E-state index contributed by atoms with van der Waals surface area (Å²) in [7, 11) is 3.96. The highest BCUT2D eigenvalue weighted by Gasteiger charge is 2.28. The lowest BCUT2D eigenvalue weighted by atomic mass is 10.5. The molecule has 0 aromatic heterocycles. The molecule has 0 aliphatic carbocycles. The highest BCUT2D eigenvalue weighted by molar-refractivity contribution is 8.82. The molecular formula is C11H24N3O4PS3. The fraction of sp³-hybridized carbons (Fsp3) is 0.818. The van der Waals surface area contributed by atoms with Crippen LogP contribution >= 0.6 is 28.4 Å². The molecule has 0 fully saturated rings. The second kappa shape index (κ2) is 12.6. The summed E-state index contributed by atoms with van der Waals surface area (Å²) in [6.45, 7) is 4.79. The minimum Gasteiger partial charge on any atom is -0.442 e. The van der Waals surface area contributed by atoms with E-state index in [0.717, 1.165) is 6.42 Å². The Bertz CT molecular complexity index is 391. The van der Waals surface area contributed by atoms with Crippen molar-refractivity contribution in [1.29, 1.82) is 5.41 Å². The molecule has 0 saturated carbocycles. The van der Waals surface area contributed by atoms with E-state index < -0.39 is 12.7 Å². The van der Waals surface area contributed by atoms with Gasteiger partial charge in [0, 0.05) is 24.6 Å². The van der Waals surface area contributed by atoms with Gasteiger partial charge in [-0.25, -0.2) is 4.79 Å². The lowest BCUT2D eigenvalue weighted by Gasteiger charge is -2.31. The smallest absolute Gasteiger partial charge is 0.407 e. The van der Waals surface area contributed by atoms with Gasteiger partial charge in [0.15, 0.2) is 0 Å². The summed E-state index contributed by atoms with van der Waals surface area (Å²) in [5, 5.41) is 10.3. The highest BCUT2D eigenvalue weighted by Crippen LogP contribution is 2.58. The quantitative estimate of drug-likeness (QED) is 0.182. The molecule has 0 heterocycles. The van der Waals surface area contributed by atoms with Crippen LogP contribution < -0.4 is 5.32 Å². The third kappa shape index (κ3) is 8.71. The first-order valence-corrected chi connectivity index (χ1v) is 11.6. The van der Waals surface area contributed by atoms with E-state index in [-0.39, 0.29) is 11.7 Å². The molecule has 0 aliphatic rings. The summed E-state index contributed by atoms with van der Waals surface area (Å²) in [5.74, 6) is 0.